The molecule has 3 fully saturated rings. The molecule has 2 saturated carbocycles. The van der Waals surface area contributed by atoms with Gasteiger partial charge < -0.3 is 19.7 Å². The molecule has 0 radical (unpaired) electrons. The number of ether oxygens (including phenoxy) is 2. The zero-order chi connectivity index (χ0) is 22.9. The van der Waals surface area contributed by atoms with Crippen LogP contribution < -0.4 is 0 Å². The van der Waals surface area contributed by atoms with E-state index in [0.717, 1.165) is 25.7 Å². The third-order valence-corrected chi connectivity index (χ3v) is 8.48. The van der Waals surface area contributed by atoms with E-state index in [-0.39, 0.29) is 54.4 Å². The van der Waals surface area contributed by atoms with Crippen molar-refractivity contribution in [2.45, 2.75) is 110 Å². The fourth-order valence-corrected chi connectivity index (χ4v) is 6.05. The second-order valence-electron chi connectivity index (χ2n) is 11.1. The van der Waals surface area contributed by atoms with Crippen molar-refractivity contribution in [3.05, 3.63) is 0 Å². The number of esters is 2. The number of fused-ring (bicyclic) bond motifs is 1. The topological polar surface area (TPSA) is 93.1 Å². The van der Waals surface area contributed by atoms with Crippen molar-refractivity contribution < 1.29 is 29.3 Å². The first-order valence-electron chi connectivity index (χ1n) is 12.3. The number of rotatable bonds is 6. The fourth-order valence-electron chi connectivity index (χ4n) is 6.05. The van der Waals surface area contributed by atoms with E-state index in [2.05, 4.69) is 13.8 Å². The Bertz CT molecular complexity index is 646. The van der Waals surface area contributed by atoms with Gasteiger partial charge in [-0.3, -0.25) is 9.59 Å². The summed E-state index contributed by atoms with van der Waals surface area (Å²) in [6.45, 7) is 10.2. The highest BCUT2D eigenvalue weighted by molar-refractivity contribution is 5.76. The smallest absolute Gasteiger partial charge is 0.311 e. The zero-order valence-electron chi connectivity index (χ0n) is 19.9. The molecular weight excluding hydrogens is 396 g/mol. The number of hydrogen-bond donors (Lipinski definition) is 2. The van der Waals surface area contributed by atoms with E-state index in [1.807, 2.05) is 20.8 Å². The van der Waals surface area contributed by atoms with E-state index >= 15 is 0 Å². The number of cyclic esters (lactones) is 1. The first-order valence-corrected chi connectivity index (χ1v) is 12.3. The molecule has 6 nitrogen and oxygen atoms in total. The Hall–Kier alpha value is -1.14. The Kier molecular flexibility index (Phi) is 7.73. The molecular formula is C25H42O6. The van der Waals surface area contributed by atoms with Crippen molar-refractivity contribution in [1.29, 1.82) is 0 Å². The largest absolute Gasteiger partial charge is 0.462 e. The van der Waals surface area contributed by atoms with Gasteiger partial charge in [0.2, 0.25) is 0 Å². The number of carbonyl (C=O) groups is 2. The molecule has 0 spiro atoms. The molecule has 0 unspecified atom stereocenters. The van der Waals surface area contributed by atoms with Crippen LogP contribution in [0.25, 0.3) is 0 Å². The predicted molar refractivity (Wildman–Crippen MR) is 117 cm³/mol. The lowest BCUT2D eigenvalue weighted by Crippen LogP contribution is -2.54. The first-order chi connectivity index (χ1) is 14.5. The van der Waals surface area contributed by atoms with Gasteiger partial charge in [0.25, 0.3) is 0 Å². The van der Waals surface area contributed by atoms with Crippen molar-refractivity contribution in [1.82, 2.24) is 0 Å². The summed E-state index contributed by atoms with van der Waals surface area (Å²) in [5.74, 6) is 0.625. The number of aliphatic hydroxyl groups excluding tert-OH is 2. The normalized spacial score (nSPS) is 41.3. The van der Waals surface area contributed by atoms with Gasteiger partial charge in [-0.15, -0.1) is 0 Å². The third-order valence-electron chi connectivity index (χ3n) is 8.48. The summed E-state index contributed by atoms with van der Waals surface area (Å²) in [5.41, 5.74) is -0.517. The molecule has 1 aliphatic heterocycles. The summed E-state index contributed by atoms with van der Waals surface area (Å²) in [6.07, 6.45) is 4.10. The van der Waals surface area contributed by atoms with Crippen molar-refractivity contribution in [2.75, 3.05) is 0 Å². The maximum Gasteiger partial charge on any atom is 0.311 e. The summed E-state index contributed by atoms with van der Waals surface area (Å²) in [7, 11) is 0. The molecule has 1 heterocycles. The highest BCUT2D eigenvalue weighted by atomic mass is 16.6. The lowest BCUT2D eigenvalue weighted by atomic mass is 9.57. The Morgan fingerprint density at radius 2 is 1.84 bits per heavy atom. The van der Waals surface area contributed by atoms with Crippen LogP contribution in [-0.4, -0.2) is 46.6 Å². The maximum absolute atomic E-state index is 12.9. The average Bonchev–Trinajstić information content (AvgIpc) is 2.69. The molecule has 3 rings (SSSR count). The summed E-state index contributed by atoms with van der Waals surface area (Å²) in [5, 5.41) is 20.9. The van der Waals surface area contributed by atoms with Crippen LogP contribution in [0.2, 0.25) is 0 Å². The molecule has 0 aromatic heterocycles. The van der Waals surface area contributed by atoms with Gasteiger partial charge in [0, 0.05) is 12.3 Å². The Morgan fingerprint density at radius 3 is 2.48 bits per heavy atom. The molecule has 31 heavy (non-hydrogen) atoms. The zero-order valence-corrected chi connectivity index (χ0v) is 19.9. The van der Waals surface area contributed by atoms with Crippen molar-refractivity contribution in [3.8, 4) is 0 Å². The van der Waals surface area contributed by atoms with Gasteiger partial charge in [-0.2, -0.15) is 0 Å². The summed E-state index contributed by atoms with van der Waals surface area (Å²) in [4.78, 5) is 24.7. The van der Waals surface area contributed by atoms with Crippen LogP contribution in [0.3, 0.4) is 0 Å². The number of hydrogen-bond acceptors (Lipinski definition) is 6. The molecule has 0 bridgehead atoms. The van der Waals surface area contributed by atoms with Crippen molar-refractivity contribution in [2.24, 2.45) is 35.0 Å². The SMILES string of the molecule is CCC(C)(C)C(=O)O[C@H]1C[C@H](C)[C@H](O)[C@@H]2CC[C@H](C)[C@H](CC[C@@H]3C[C@@H](O)CC(=O)O3)[C@H]21. The monoisotopic (exact) mass is 438 g/mol. The summed E-state index contributed by atoms with van der Waals surface area (Å²) < 4.78 is 11.6. The van der Waals surface area contributed by atoms with Gasteiger partial charge in [-0.05, 0) is 69.6 Å². The highest BCUT2D eigenvalue weighted by Crippen LogP contribution is 2.51. The van der Waals surface area contributed by atoms with Crippen LogP contribution in [-0.2, 0) is 19.1 Å². The van der Waals surface area contributed by atoms with Crippen LogP contribution in [0.4, 0.5) is 0 Å². The minimum Gasteiger partial charge on any atom is -0.462 e. The quantitative estimate of drug-likeness (QED) is 0.612. The van der Waals surface area contributed by atoms with Gasteiger partial charge in [0.15, 0.2) is 0 Å². The van der Waals surface area contributed by atoms with Gasteiger partial charge in [-0.1, -0.05) is 27.2 Å². The maximum atomic E-state index is 12.9. The van der Waals surface area contributed by atoms with E-state index in [1.54, 1.807) is 0 Å². The molecule has 2 aliphatic carbocycles. The second kappa shape index (κ2) is 9.78. The summed E-state index contributed by atoms with van der Waals surface area (Å²) >= 11 is 0. The van der Waals surface area contributed by atoms with Gasteiger partial charge in [-0.25, -0.2) is 0 Å². The Morgan fingerprint density at radius 1 is 1.13 bits per heavy atom. The number of aliphatic hydroxyl groups is 2. The molecule has 1 saturated heterocycles. The average molecular weight is 439 g/mol. The van der Waals surface area contributed by atoms with E-state index in [0.29, 0.717) is 31.1 Å². The second-order valence-corrected chi connectivity index (χ2v) is 11.1. The molecule has 3 aliphatic rings. The minimum absolute atomic E-state index is 0.0797. The first kappa shape index (κ1) is 24.5. The number of carbonyl (C=O) groups excluding carboxylic acids is 2. The fraction of sp³-hybridized carbons (Fsp3) is 0.920. The van der Waals surface area contributed by atoms with Crippen LogP contribution in [0.5, 0.6) is 0 Å². The molecule has 0 aromatic carbocycles. The van der Waals surface area contributed by atoms with Crippen LogP contribution in [0, 0.1) is 35.0 Å². The minimum atomic E-state index is -0.620. The van der Waals surface area contributed by atoms with Crippen molar-refractivity contribution in [3.63, 3.8) is 0 Å². The Labute approximate surface area is 187 Å². The van der Waals surface area contributed by atoms with E-state index in [1.165, 1.54) is 0 Å². The molecule has 2 N–H and O–H groups in total. The van der Waals surface area contributed by atoms with Gasteiger partial charge >= 0.3 is 11.9 Å². The third kappa shape index (κ3) is 5.44. The Balaban J connectivity index is 1.77. The van der Waals surface area contributed by atoms with E-state index in [4.69, 9.17) is 9.47 Å². The lowest BCUT2D eigenvalue weighted by molar-refractivity contribution is -0.183. The van der Waals surface area contributed by atoms with Crippen LogP contribution in [0.15, 0.2) is 0 Å². The van der Waals surface area contributed by atoms with Gasteiger partial charge in [0.05, 0.1) is 24.0 Å². The molecule has 9 atom stereocenters. The molecule has 0 amide bonds. The lowest BCUT2D eigenvalue weighted by Gasteiger charge is -2.52. The summed E-state index contributed by atoms with van der Waals surface area (Å²) in [6, 6.07) is 0. The standard InChI is InChI=1S/C25H42O6/c1-6-25(4,5)24(29)31-20-11-15(3)23(28)19-9-7-14(2)18(22(19)20)10-8-17-12-16(26)13-21(27)30-17/h14-20,22-23,26,28H,6-13H2,1-5H3/t14-,15-,16+,17+,18-,19+,20-,22+,23-/m0/s1. The van der Waals surface area contributed by atoms with Crippen LogP contribution >= 0.6 is 0 Å². The predicted octanol–water partition coefficient (Wildman–Crippen LogP) is 3.86. The molecule has 178 valence electrons. The molecule has 0 aromatic rings. The van der Waals surface area contributed by atoms with Gasteiger partial charge in [0.1, 0.15) is 12.2 Å². The van der Waals surface area contributed by atoms with Crippen LogP contribution in [0.1, 0.15) is 86.0 Å². The van der Waals surface area contributed by atoms with E-state index in [9.17, 15) is 19.8 Å². The van der Waals surface area contributed by atoms with Crippen molar-refractivity contribution >= 4 is 11.9 Å². The molecule has 6 heteroatoms. The highest BCUT2D eigenvalue weighted by Gasteiger charge is 2.51. The van der Waals surface area contributed by atoms with E-state index < -0.39 is 11.5 Å².